The van der Waals surface area contributed by atoms with E-state index in [1.54, 1.807) is 13.2 Å². The summed E-state index contributed by atoms with van der Waals surface area (Å²) in [4.78, 5) is 10.3. The van der Waals surface area contributed by atoms with Crippen LogP contribution >= 0.6 is 11.6 Å². The molecule has 0 unspecified atom stereocenters. The summed E-state index contributed by atoms with van der Waals surface area (Å²) in [6.45, 7) is 0.332. The van der Waals surface area contributed by atoms with Gasteiger partial charge in [-0.25, -0.2) is 0 Å². The second-order valence-corrected chi connectivity index (χ2v) is 4.59. The van der Waals surface area contributed by atoms with Crippen molar-refractivity contribution in [2.75, 3.05) is 7.11 Å². The summed E-state index contributed by atoms with van der Waals surface area (Å²) < 4.78 is 10.8. The standard InChI is InChI=1S/C15H14ClNO4/c1-20-14-4-2-3-11(7-14)10-21-15-6-5-13(17(18)19)8-12(15)9-16/h2-8H,9-10H2,1H3. The van der Waals surface area contributed by atoms with Gasteiger partial charge in [-0.3, -0.25) is 10.1 Å². The first-order chi connectivity index (χ1) is 10.1. The summed E-state index contributed by atoms with van der Waals surface area (Å²) in [5.41, 5.74) is 1.53. The Morgan fingerprint density at radius 1 is 1.24 bits per heavy atom. The van der Waals surface area contributed by atoms with Crippen LogP contribution in [0, 0.1) is 10.1 Å². The van der Waals surface area contributed by atoms with Crippen molar-refractivity contribution in [2.24, 2.45) is 0 Å². The molecule has 2 rings (SSSR count). The average Bonchev–Trinajstić information content (AvgIpc) is 2.52. The summed E-state index contributed by atoms with van der Waals surface area (Å²) in [5.74, 6) is 1.44. The van der Waals surface area contributed by atoms with E-state index in [1.165, 1.54) is 12.1 Å². The number of non-ortho nitro benzene ring substituents is 1. The van der Waals surface area contributed by atoms with Crippen molar-refractivity contribution in [3.05, 3.63) is 63.7 Å². The van der Waals surface area contributed by atoms with Gasteiger partial charge in [-0.2, -0.15) is 0 Å². The highest BCUT2D eigenvalue weighted by molar-refractivity contribution is 6.17. The summed E-state index contributed by atoms with van der Waals surface area (Å²) in [6, 6.07) is 11.9. The number of benzene rings is 2. The molecule has 0 aliphatic heterocycles. The van der Waals surface area contributed by atoms with E-state index in [2.05, 4.69) is 0 Å². The van der Waals surface area contributed by atoms with Crippen molar-refractivity contribution in [1.82, 2.24) is 0 Å². The first-order valence-corrected chi connectivity index (χ1v) is 6.76. The number of nitrogens with zero attached hydrogens (tertiary/aromatic N) is 1. The third kappa shape index (κ3) is 3.86. The number of nitro groups is 1. The second kappa shape index (κ2) is 6.95. The Hall–Kier alpha value is -2.27. The lowest BCUT2D eigenvalue weighted by Crippen LogP contribution is -1.99. The minimum absolute atomic E-state index is 0.000574. The molecule has 110 valence electrons. The molecular weight excluding hydrogens is 294 g/mol. The van der Waals surface area contributed by atoms with Crippen LogP contribution in [0.4, 0.5) is 5.69 Å². The van der Waals surface area contributed by atoms with Gasteiger partial charge in [0.2, 0.25) is 0 Å². The van der Waals surface area contributed by atoms with Gasteiger partial charge < -0.3 is 9.47 Å². The zero-order valence-corrected chi connectivity index (χ0v) is 12.2. The van der Waals surface area contributed by atoms with Gasteiger partial charge in [-0.1, -0.05) is 12.1 Å². The highest BCUT2D eigenvalue weighted by atomic mass is 35.5. The Kier molecular flexibility index (Phi) is 5.00. The molecule has 0 atom stereocenters. The lowest BCUT2D eigenvalue weighted by atomic mass is 10.2. The van der Waals surface area contributed by atoms with E-state index in [0.717, 1.165) is 11.3 Å². The molecule has 0 aliphatic rings. The van der Waals surface area contributed by atoms with Gasteiger partial charge in [-0.05, 0) is 23.8 Å². The quantitative estimate of drug-likeness (QED) is 0.461. The largest absolute Gasteiger partial charge is 0.497 e. The number of methoxy groups -OCH3 is 1. The maximum Gasteiger partial charge on any atom is 0.270 e. The molecule has 2 aromatic carbocycles. The van der Waals surface area contributed by atoms with E-state index >= 15 is 0 Å². The predicted molar refractivity (Wildman–Crippen MR) is 80.0 cm³/mol. The van der Waals surface area contributed by atoms with Crippen molar-refractivity contribution in [1.29, 1.82) is 0 Å². The lowest BCUT2D eigenvalue weighted by Gasteiger charge is -2.10. The van der Waals surface area contributed by atoms with Crippen LogP contribution in [0.3, 0.4) is 0 Å². The molecular formula is C15H14ClNO4. The van der Waals surface area contributed by atoms with Crippen LogP contribution in [0.5, 0.6) is 11.5 Å². The molecule has 0 spiro atoms. The third-order valence-corrected chi connectivity index (χ3v) is 3.22. The molecule has 0 fully saturated rings. The van der Waals surface area contributed by atoms with Crippen LogP contribution in [0.15, 0.2) is 42.5 Å². The second-order valence-electron chi connectivity index (χ2n) is 4.32. The molecule has 0 heterocycles. The maximum atomic E-state index is 10.7. The predicted octanol–water partition coefficient (Wildman–Crippen LogP) is 3.92. The van der Waals surface area contributed by atoms with Crippen molar-refractivity contribution in [3.63, 3.8) is 0 Å². The van der Waals surface area contributed by atoms with Crippen molar-refractivity contribution < 1.29 is 14.4 Å². The van der Waals surface area contributed by atoms with Crippen LogP contribution in [-0.2, 0) is 12.5 Å². The highest BCUT2D eigenvalue weighted by Crippen LogP contribution is 2.26. The zero-order chi connectivity index (χ0) is 15.2. The number of ether oxygens (including phenoxy) is 2. The van der Waals surface area contributed by atoms with Crippen LogP contribution < -0.4 is 9.47 Å². The third-order valence-electron chi connectivity index (χ3n) is 2.93. The maximum absolute atomic E-state index is 10.7. The van der Waals surface area contributed by atoms with Gasteiger partial charge in [-0.15, -0.1) is 11.6 Å². The van der Waals surface area contributed by atoms with Gasteiger partial charge in [0, 0.05) is 17.7 Å². The van der Waals surface area contributed by atoms with Crippen LogP contribution in [0.1, 0.15) is 11.1 Å². The van der Waals surface area contributed by atoms with Crippen LogP contribution in [0.25, 0.3) is 0 Å². The summed E-state index contributed by atoms with van der Waals surface area (Å²) in [7, 11) is 1.60. The number of nitro benzene ring substituents is 1. The average molecular weight is 308 g/mol. The number of hydrogen-bond acceptors (Lipinski definition) is 4. The Morgan fingerprint density at radius 2 is 2.05 bits per heavy atom. The summed E-state index contributed by atoms with van der Waals surface area (Å²) in [5, 5.41) is 10.7. The first-order valence-electron chi connectivity index (χ1n) is 6.23. The van der Waals surface area contributed by atoms with Crippen LogP contribution in [-0.4, -0.2) is 12.0 Å². The summed E-state index contributed by atoms with van der Waals surface area (Å²) in [6.07, 6.45) is 0. The normalized spacial score (nSPS) is 10.2. The molecule has 21 heavy (non-hydrogen) atoms. The Labute approximate surface area is 127 Å². The van der Waals surface area contributed by atoms with Crippen LogP contribution in [0.2, 0.25) is 0 Å². The molecule has 6 heteroatoms. The van der Waals surface area contributed by atoms with Crippen molar-refractivity contribution in [3.8, 4) is 11.5 Å². The van der Waals surface area contributed by atoms with Gasteiger partial charge >= 0.3 is 0 Å². The van der Waals surface area contributed by atoms with Crippen molar-refractivity contribution >= 4 is 17.3 Å². The number of hydrogen-bond donors (Lipinski definition) is 0. The lowest BCUT2D eigenvalue weighted by molar-refractivity contribution is -0.384. The van der Waals surface area contributed by atoms with Gasteiger partial charge in [0.1, 0.15) is 18.1 Å². The van der Waals surface area contributed by atoms with Crippen molar-refractivity contribution in [2.45, 2.75) is 12.5 Å². The Morgan fingerprint density at radius 3 is 2.71 bits per heavy atom. The topological polar surface area (TPSA) is 61.6 Å². The number of halogens is 1. The van der Waals surface area contributed by atoms with E-state index in [4.69, 9.17) is 21.1 Å². The molecule has 0 radical (unpaired) electrons. The SMILES string of the molecule is COc1cccc(COc2ccc([N+](=O)[O-])cc2CCl)c1. The van der Waals surface area contributed by atoms with E-state index in [0.29, 0.717) is 17.9 Å². The monoisotopic (exact) mass is 307 g/mol. The molecule has 0 aromatic heterocycles. The van der Waals surface area contributed by atoms with Gasteiger partial charge in [0.15, 0.2) is 0 Å². The first kappa shape index (κ1) is 15.1. The minimum atomic E-state index is -0.456. The molecule has 2 aromatic rings. The van der Waals surface area contributed by atoms with E-state index in [9.17, 15) is 10.1 Å². The van der Waals surface area contributed by atoms with E-state index in [-0.39, 0.29) is 11.6 Å². The molecule has 0 N–H and O–H groups in total. The fourth-order valence-corrected chi connectivity index (χ4v) is 2.06. The van der Waals surface area contributed by atoms with Gasteiger partial charge in [0.05, 0.1) is 17.9 Å². The molecule has 0 saturated heterocycles. The Balaban J connectivity index is 2.13. The summed E-state index contributed by atoms with van der Waals surface area (Å²) >= 11 is 5.82. The van der Waals surface area contributed by atoms with Gasteiger partial charge in [0.25, 0.3) is 5.69 Å². The zero-order valence-electron chi connectivity index (χ0n) is 11.4. The fraction of sp³-hybridized carbons (Fsp3) is 0.200. The highest BCUT2D eigenvalue weighted by Gasteiger charge is 2.11. The number of alkyl halides is 1. The molecule has 0 amide bonds. The minimum Gasteiger partial charge on any atom is -0.497 e. The molecule has 0 aliphatic carbocycles. The van der Waals surface area contributed by atoms with E-state index < -0.39 is 4.92 Å². The van der Waals surface area contributed by atoms with E-state index in [1.807, 2.05) is 24.3 Å². The molecule has 5 nitrogen and oxygen atoms in total. The fourth-order valence-electron chi connectivity index (χ4n) is 1.85. The smallest absolute Gasteiger partial charge is 0.270 e. The molecule has 0 bridgehead atoms. The Bertz CT molecular complexity index is 645. The number of rotatable bonds is 6. The molecule has 0 saturated carbocycles.